The van der Waals surface area contributed by atoms with Gasteiger partial charge >= 0.3 is 0 Å². The van der Waals surface area contributed by atoms with Gasteiger partial charge < -0.3 is 5.32 Å². The van der Waals surface area contributed by atoms with E-state index in [-0.39, 0.29) is 6.04 Å². The van der Waals surface area contributed by atoms with E-state index in [0.29, 0.717) is 24.0 Å². The van der Waals surface area contributed by atoms with Crippen LogP contribution in [0.5, 0.6) is 0 Å². The molecule has 0 spiro atoms. The molecule has 0 aromatic carbocycles. The van der Waals surface area contributed by atoms with Crippen molar-refractivity contribution in [3.05, 3.63) is 82.9 Å². The van der Waals surface area contributed by atoms with E-state index in [9.17, 15) is 0 Å². The van der Waals surface area contributed by atoms with E-state index in [1.165, 1.54) is 47.2 Å². The molecular formula is C27H34N4. The van der Waals surface area contributed by atoms with Crippen molar-refractivity contribution >= 4 is 0 Å². The van der Waals surface area contributed by atoms with E-state index < -0.39 is 0 Å². The predicted molar refractivity (Wildman–Crippen MR) is 126 cm³/mol. The molecule has 1 aromatic rings. The summed E-state index contributed by atoms with van der Waals surface area (Å²) in [4.78, 5) is 0. The van der Waals surface area contributed by atoms with Gasteiger partial charge in [0.2, 0.25) is 0 Å². The molecule has 0 saturated carbocycles. The summed E-state index contributed by atoms with van der Waals surface area (Å²) in [5, 5.41) is 15.5. The largest absolute Gasteiger partial charge is 0.306 e. The maximum atomic E-state index is 4.67. The van der Waals surface area contributed by atoms with Crippen molar-refractivity contribution in [1.82, 2.24) is 20.8 Å². The van der Waals surface area contributed by atoms with Crippen LogP contribution in [0.4, 0.5) is 0 Å². The SMILES string of the molecule is C=C1C=CC=C(C2CCC=C=C3C=CC(c4c[nH]nc4C4CCCC(C)N4)NC3C2)C1. The Morgan fingerprint density at radius 3 is 2.94 bits per heavy atom. The molecule has 3 N–H and O–H groups in total. The highest BCUT2D eigenvalue weighted by molar-refractivity contribution is 5.38. The molecule has 1 fully saturated rings. The molecule has 5 unspecified atom stereocenters. The van der Waals surface area contributed by atoms with Gasteiger partial charge in [0.1, 0.15) is 0 Å². The van der Waals surface area contributed by atoms with Gasteiger partial charge in [-0.3, -0.25) is 10.4 Å². The molecule has 162 valence electrons. The van der Waals surface area contributed by atoms with Crippen LogP contribution in [0.1, 0.15) is 75.2 Å². The average molecular weight is 415 g/mol. The van der Waals surface area contributed by atoms with E-state index in [1.54, 1.807) is 0 Å². The minimum absolute atomic E-state index is 0.179. The topological polar surface area (TPSA) is 52.7 Å². The number of nitrogens with zero attached hydrogens (tertiary/aromatic N) is 1. The first-order valence-corrected chi connectivity index (χ1v) is 11.9. The number of rotatable bonds is 3. The van der Waals surface area contributed by atoms with Gasteiger partial charge in [0.15, 0.2) is 0 Å². The van der Waals surface area contributed by atoms with Gasteiger partial charge in [-0.05, 0) is 63.9 Å². The number of piperidine rings is 1. The number of hydrogen-bond donors (Lipinski definition) is 3. The lowest BCUT2D eigenvalue weighted by Crippen LogP contribution is -2.39. The van der Waals surface area contributed by atoms with Crippen molar-refractivity contribution in [3.63, 3.8) is 0 Å². The van der Waals surface area contributed by atoms with Crippen LogP contribution in [0.15, 0.2) is 71.7 Å². The number of aromatic nitrogens is 2. The number of H-pyrrole nitrogens is 1. The Kier molecular flexibility index (Phi) is 5.95. The summed E-state index contributed by atoms with van der Waals surface area (Å²) in [7, 11) is 0. The molecule has 2 aliphatic carbocycles. The molecule has 4 aliphatic rings. The van der Waals surface area contributed by atoms with Crippen LogP contribution in [-0.4, -0.2) is 22.3 Å². The van der Waals surface area contributed by atoms with Gasteiger partial charge in [0.05, 0.1) is 17.8 Å². The molecule has 0 radical (unpaired) electrons. The summed E-state index contributed by atoms with van der Waals surface area (Å²) in [5.41, 5.74) is 10.0. The molecule has 4 heteroatoms. The first kappa shape index (κ1) is 20.5. The minimum atomic E-state index is 0.179. The third-order valence-corrected chi connectivity index (χ3v) is 7.25. The van der Waals surface area contributed by atoms with Crippen LogP contribution in [-0.2, 0) is 0 Å². The molecule has 1 aromatic heterocycles. The highest BCUT2D eigenvalue weighted by atomic mass is 15.1. The Balaban J connectivity index is 1.38. The van der Waals surface area contributed by atoms with Crippen molar-refractivity contribution in [3.8, 4) is 0 Å². The second kappa shape index (κ2) is 9.00. The maximum absolute atomic E-state index is 4.67. The summed E-state index contributed by atoms with van der Waals surface area (Å²) in [5.74, 6) is 0.574. The Morgan fingerprint density at radius 1 is 1.13 bits per heavy atom. The van der Waals surface area contributed by atoms with Crippen LogP contribution in [0.3, 0.4) is 0 Å². The minimum Gasteiger partial charge on any atom is -0.306 e. The third kappa shape index (κ3) is 4.48. The van der Waals surface area contributed by atoms with E-state index >= 15 is 0 Å². The van der Waals surface area contributed by atoms with Crippen molar-refractivity contribution in [2.75, 3.05) is 0 Å². The van der Waals surface area contributed by atoms with E-state index in [1.807, 2.05) is 0 Å². The molecule has 3 heterocycles. The fourth-order valence-corrected chi connectivity index (χ4v) is 5.59. The summed E-state index contributed by atoms with van der Waals surface area (Å²) < 4.78 is 0. The fraction of sp³-hybridized carbons (Fsp3) is 0.481. The van der Waals surface area contributed by atoms with Crippen molar-refractivity contribution in [1.29, 1.82) is 0 Å². The molecule has 5 rings (SSSR count). The van der Waals surface area contributed by atoms with Crippen LogP contribution >= 0.6 is 0 Å². The Hall–Kier alpha value is -2.39. The Bertz CT molecular complexity index is 985. The Morgan fingerprint density at radius 2 is 2.06 bits per heavy atom. The molecule has 31 heavy (non-hydrogen) atoms. The zero-order valence-corrected chi connectivity index (χ0v) is 18.5. The van der Waals surface area contributed by atoms with Gasteiger partial charge in [-0.15, -0.1) is 5.73 Å². The first-order valence-electron chi connectivity index (χ1n) is 11.9. The first-order chi connectivity index (χ1) is 15.2. The predicted octanol–water partition coefficient (Wildman–Crippen LogP) is 5.51. The summed E-state index contributed by atoms with van der Waals surface area (Å²) in [6.45, 7) is 6.47. The molecule has 5 atom stereocenters. The monoisotopic (exact) mass is 414 g/mol. The zero-order chi connectivity index (χ0) is 21.2. The van der Waals surface area contributed by atoms with Crippen LogP contribution in [0, 0.1) is 5.92 Å². The van der Waals surface area contributed by atoms with Crippen LogP contribution in [0.2, 0.25) is 0 Å². The lowest BCUT2D eigenvalue weighted by Gasteiger charge is -2.34. The number of aromatic amines is 1. The lowest BCUT2D eigenvalue weighted by atomic mass is 9.79. The van der Waals surface area contributed by atoms with E-state index in [4.69, 9.17) is 0 Å². The van der Waals surface area contributed by atoms with Crippen molar-refractivity contribution < 1.29 is 0 Å². The van der Waals surface area contributed by atoms with E-state index in [0.717, 1.165) is 25.7 Å². The number of nitrogens with one attached hydrogen (secondary N) is 3. The van der Waals surface area contributed by atoms with Crippen LogP contribution < -0.4 is 10.6 Å². The molecule has 2 aliphatic heterocycles. The number of allylic oxidation sites excluding steroid dienone is 5. The van der Waals surface area contributed by atoms with Gasteiger partial charge in [0, 0.05) is 29.4 Å². The molecule has 0 amide bonds. The molecule has 1 saturated heterocycles. The quantitative estimate of drug-likeness (QED) is 0.572. The highest BCUT2D eigenvalue weighted by Crippen LogP contribution is 2.36. The standard InChI is InChI=1S/C27H34N4/c1-18-7-5-11-21(15-18)22-10-4-3-9-20-13-14-24(30-26(20)16-22)23-17-28-31-27(23)25-12-6-8-19(2)29-25/h3,5,7,11,13-14,17,19,22,24-26,29-30H,1,4,6,8,10,12,15-16H2,2H3,(H,28,31). The second-order valence-corrected chi connectivity index (χ2v) is 9.58. The van der Waals surface area contributed by atoms with Gasteiger partial charge in [-0.25, -0.2) is 0 Å². The van der Waals surface area contributed by atoms with Gasteiger partial charge in [0.25, 0.3) is 0 Å². The molecule has 0 bridgehead atoms. The average Bonchev–Trinajstić information content (AvgIpc) is 3.24. The zero-order valence-electron chi connectivity index (χ0n) is 18.5. The van der Waals surface area contributed by atoms with Crippen molar-refractivity contribution in [2.45, 2.75) is 76.0 Å². The summed E-state index contributed by atoms with van der Waals surface area (Å²) in [6, 6.07) is 1.38. The number of fused-ring (bicyclic) bond motifs is 1. The number of hydrogen-bond acceptors (Lipinski definition) is 3. The summed E-state index contributed by atoms with van der Waals surface area (Å²) >= 11 is 0. The smallest absolute Gasteiger partial charge is 0.0842 e. The van der Waals surface area contributed by atoms with Gasteiger partial charge in [-0.2, -0.15) is 5.10 Å². The van der Waals surface area contributed by atoms with E-state index in [2.05, 4.69) is 82.7 Å². The van der Waals surface area contributed by atoms with Crippen molar-refractivity contribution in [2.24, 2.45) is 5.92 Å². The molecular weight excluding hydrogens is 380 g/mol. The summed E-state index contributed by atoms with van der Waals surface area (Å²) in [6.07, 6.45) is 23.5. The highest BCUT2D eigenvalue weighted by Gasteiger charge is 2.31. The lowest BCUT2D eigenvalue weighted by molar-refractivity contribution is 0.332. The third-order valence-electron chi connectivity index (χ3n) is 7.25. The maximum Gasteiger partial charge on any atom is 0.0842 e. The molecule has 4 nitrogen and oxygen atoms in total. The normalized spacial score (nSPS) is 33.3. The fourth-order valence-electron chi connectivity index (χ4n) is 5.59. The second-order valence-electron chi connectivity index (χ2n) is 9.58. The van der Waals surface area contributed by atoms with Gasteiger partial charge in [-0.1, -0.05) is 48.1 Å². The van der Waals surface area contributed by atoms with Crippen LogP contribution in [0.25, 0.3) is 0 Å². The Labute approximate surface area is 186 Å².